The molecule has 122 valence electrons. The van der Waals surface area contributed by atoms with E-state index < -0.39 is 12.0 Å². The van der Waals surface area contributed by atoms with Gasteiger partial charge in [0.2, 0.25) is 0 Å². The lowest BCUT2D eigenvalue weighted by Gasteiger charge is -2.25. The Balaban J connectivity index is 2.80. The largest absolute Gasteiger partial charge is 0.480 e. The van der Waals surface area contributed by atoms with Crippen LogP contribution in [0.5, 0.6) is 0 Å². The quantitative estimate of drug-likeness (QED) is 0.840. The molecule has 1 N–H and O–H groups in total. The SMILES string of the molecule is CCN(Cc1ccc(C(=O)N(C)C(C)C(=O)O)cc1)C(C)C. The van der Waals surface area contributed by atoms with Gasteiger partial charge in [0.05, 0.1) is 0 Å². The van der Waals surface area contributed by atoms with Crippen LogP contribution in [0.1, 0.15) is 43.6 Å². The molecular formula is C17H26N2O3. The smallest absolute Gasteiger partial charge is 0.326 e. The second-order valence-corrected chi connectivity index (χ2v) is 5.78. The predicted molar refractivity (Wildman–Crippen MR) is 86.9 cm³/mol. The highest BCUT2D eigenvalue weighted by molar-refractivity contribution is 5.96. The molecular weight excluding hydrogens is 280 g/mol. The minimum atomic E-state index is -1.01. The maximum Gasteiger partial charge on any atom is 0.326 e. The Hall–Kier alpha value is -1.88. The molecule has 5 heteroatoms. The summed E-state index contributed by atoms with van der Waals surface area (Å²) >= 11 is 0. The number of nitrogens with zero attached hydrogens (tertiary/aromatic N) is 2. The first-order valence-electron chi connectivity index (χ1n) is 7.60. The summed E-state index contributed by atoms with van der Waals surface area (Å²) in [7, 11) is 1.51. The molecule has 0 saturated carbocycles. The highest BCUT2D eigenvalue weighted by Crippen LogP contribution is 2.12. The molecule has 0 aliphatic carbocycles. The summed E-state index contributed by atoms with van der Waals surface area (Å²) in [6, 6.07) is 7.00. The number of carbonyl (C=O) groups excluding carboxylic acids is 1. The van der Waals surface area contributed by atoms with E-state index in [1.54, 1.807) is 12.1 Å². The number of carbonyl (C=O) groups is 2. The van der Waals surface area contributed by atoms with E-state index in [2.05, 4.69) is 25.7 Å². The maximum atomic E-state index is 12.2. The van der Waals surface area contributed by atoms with E-state index in [0.29, 0.717) is 11.6 Å². The van der Waals surface area contributed by atoms with Crippen LogP contribution in [0.3, 0.4) is 0 Å². The lowest BCUT2D eigenvalue weighted by molar-refractivity contribution is -0.141. The lowest BCUT2D eigenvalue weighted by atomic mass is 10.1. The molecule has 0 aliphatic rings. The summed E-state index contributed by atoms with van der Waals surface area (Å²) < 4.78 is 0. The van der Waals surface area contributed by atoms with Crippen molar-refractivity contribution in [1.29, 1.82) is 0 Å². The van der Waals surface area contributed by atoms with Crippen molar-refractivity contribution in [2.24, 2.45) is 0 Å². The Bertz CT molecular complexity index is 511. The van der Waals surface area contributed by atoms with Gasteiger partial charge in [-0.2, -0.15) is 0 Å². The zero-order chi connectivity index (χ0) is 16.9. The summed E-state index contributed by atoms with van der Waals surface area (Å²) in [5.74, 6) is -1.29. The first-order valence-corrected chi connectivity index (χ1v) is 7.60. The van der Waals surface area contributed by atoms with Crippen molar-refractivity contribution >= 4 is 11.9 Å². The standard InChI is InChI=1S/C17H26N2O3/c1-6-19(12(2)3)11-14-7-9-15(10-8-14)16(20)18(5)13(4)17(21)22/h7-10,12-13H,6,11H2,1-5H3,(H,21,22). The Morgan fingerprint density at radius 2 is 1.68 bits per heavy atom. The molecule has 0 fully saturated rings. The van der Waals surface area contributed by atoms with Crippen molar-refractivity contribution in [3.05, 3.63) is 35.4 Å². The molecule has 1 amide bonds. The molecule has 1 unspecified atom stereocenters. The minimum Gasteiger partial charge on any atom is -0.480 e. The van der Waals surface area contributed by atoms with Gasteiger partial charge in [0.1, 0.15) is 6.04 Å². The van der Waals surface area contributed by atoms with Crippen LogP contribution in [-0.2, 0) is 11.3 Å². The van der Waals surface area contributed by atoms with Crippen molar-refractivity contribution < 1.29 is 14.7 Å². The van der Waals surface area contributed by atoms with E-state index in [1.807, 2.05) is 12.1 Å². The molecule has 0 aliphatic heterocycles. The lowest BCUT2D eigenvalue weighted by Crippen LogP contribution is -2.40. The van der Waals surface area contributed by atoms with Gasteiger partial charge in [-0.3, -0.25) is 9.69 Å². The number of rotatable bonds is 7. The van der Waals surface area contributed by atoms with E-state index in [-0.39, 0.29) is 5.91 Å². The normalized spacial score (nSPS) is 12.5. The highest BCUT2D eigenvalue weighted by Gasteiger charge is 2.22. The number of aliphatic carboxylic acids is 1. The fourth-order valence-electron chi connectivity index (χ4n) is 2.19. The van der Waals surface area contributed by atoms with Crippen molar-refractivity contribution in [2.45, 2.75) is 46.3 Å². The third-order valence-electron chi connectivity index (χ3n) is 3.98. The molecule has 1 aromatic carbocycles. The Morgan fingerprint density at radius 3 is 2.09 bits per heavy atom. The van der Waals surface area contributed by atoms with Crippen LogP contribution in [0.4, 0.5) is 0 Å². The topological polar surface area (TPSA) is 60.9 Å². The fraction of sp³-hybridized carbons (Fsp3) is 0.529. The summed E-state index contributed by atoms with van der Waals surface area (Å²) in [6.07, 6.45) is 0. The summed E-state index contributed by atoms with van der Waals surface area (Å²) in [4.78, 5) is 26.8. The van der Waals surface area contributed by atoms with Gasteiger partial charge < -0.3 is 10.0 Å². The average molecular weight is 306 g/mol. The van der Waals surface area contributed by atoms with Crippen LogP contribution in [-0.4, -0.2) is 52.5 Å². The summed E-state index contributed by atoms with van der Waals surface area (Å²) in [5, 5.41) is 8.97. The first-order chi connectivity index (χ1) is 10.3. The predicted octanol–water partition coefficient (Wildman–Crippen LogP) is 2.46. The van der Waals surface area contributed by atoms with Gasteiger partial charge in [-0.05, 0) is 45.0 Å². The number of likely N-dealkylation sites (N-methyl/N-ethyl adjacent to an activating group) is 1. The molecule has 1 rings (SSSR count). The van der Waals surface area contributed by atoms with E-state index in [1.165, 1.54) is 18.9 Å². The third-order valence-corrected chi connectivity index (χ3v) is 3.98. The van der Waals surface area contributed by atoms with E-state index in [0.717, 1.165) is 18.7 Å². The molecule has 22 heavy (non-hydrogen) atoms. The van der Waals surface area contributed by atoms with Gasteiger partial charge in [-0.1, -0.05) is 19.1 Å². The number of hydrogen-bond donors (Lipinski definition) is 1. The minimum absolute atomic E-state index is 0.280. The van der Waals surface area contributed by atoms with E-state index >= 15 is 0 Å². The molecule has 0 spiro atoms. The van der Waals surface area contributed by atoms with E-state index in [4.69, 9.17) is 5.11 Å². The second kappa shape index (κ2) is 7.94. The van der Waals surface area contributed by atoms with Crippen molar-refractivity contribution in [3.63, 3.8) is 0 Å². The zero-order valence-corrected chi connectivity index (χ0v) is 14.0. The highest BCUT2D eigenvalue weighted by atomic mass is 16.4. The number of benzene rings is 1. The van der Waals surface area contributed by atoms with Gasteiger partial charge >= 0.3 is 5.97 Å². The van der Waals surface area contributed by atoms with E-state index in [9.17, 15) is 9.59 Å². The Kier molecular flexibility index (Phi) is 6.56. The molecule has 0 bridgehead atoms. The van der Waals surface area contributed by atoms with Crippen LogP contribution < -0.4 is 0 Å². The van der Waals surface area contributed by atoms with Crippen LogP contribution in [0, 0.1) is 0 Å². The van der Waals surface area contributed by atoms with Gasteiger partial charge in [0.15, 0.2) is 0 Å². The molecule has 0 radical (unpaired) electrons. The maximum absolute atomic E-state index is 12.2. The van der Waals surface area contributed by atoms with Crippen LogP contribution in [0.2, 0.25) is 0 Å². The molecule has 5 nitrogen and oxygen atoms in total. The molecule has 0 aromatic heterocycles. The average Bonchev–Trinajstić information content (AvgIpc) is 2.50. The Labute approximate surface area is 132 Å². The van der Waals surface area contributed by atoms with Crippen LogP contribution in [0.15, 0.2) is 24.3 Å². The molecule has 1 atom stereocenters. The summed E-state index contributed by atoms with van der Waals surface area (Å²) in [5.41, 5.74) is 1.65. The van der Waals surface area contributed by atoms with Crippen molar-refractivity contribution in [1.82, 2.24) is 9.80 Å². The number of amides is 1. The number of carboxylic acids is 1. The monoisotopic (exact) mass is 306 g/mol. The van der Waals surface area contributed by atoms with Gasteiger partial charge in [-0.15, -0.1) is 0 Å². The number of hydrogen-bond acceptors (Lipinski definition) is 3. The molecule has 0 saturated heterocycles. The van der Waals surface area contributed by atoms with Crippen molar-refractivity contribution in [2.75, 3.05) is 13.6 Å². The van der Waals surface area contributed by atoms with Gasteiger partial charge in [0, 0.05) is 25.2 Å². The summed E-state index contributed by atoms with van der Waals surface area (Å²) in [6.45, 7) is 9.74. The van der Waals surface area contributed by atoms with Crippen LogP contribution >= 0.6 is 0 Å². The fourth-order valence-corrected chi connectivity index (χ4v) is 2.19. The van der Waals surface area contributed by atoms with Gasteiger partial charge in [0.25, 0.3) is 5.91 Å². The zero-order valence-electron chi connectivity index (χ0n) is 14.0. The van der Waals surface area contributed by atoms with Crippen LogP contribution in [0.25, 0.3) is 0 Å². The number of carboxylic acid groups (broad SMARTS) is 1. The second-order valence-electron chi connectivity index (χ2n) is 5.78. The Morgan fingerprint density at radius 1 is 1.14 bits per heavy atom. The third kappa shape index (κ3) is 4.56. The van der Waals surface area contributed by atoms with Crippen molar-refractivity contribution in [3.8, 4) is 0 Å². The first kappa shape index (κ1) is 18.2. The molecule has 1 aromatic rings. The molecule has 0 heterocycles. The van der Waals surface area contributed by atoms with Gasteiger partial charge in [-0.25, -0.2) is 4.79 Å².